The first-order valence-electron chi connectivity index (χ1n) is 30.3. The third kappa shape index (κ3) is 21.3. The molecule has 0 radical (unpaired) electrons. The van der Waals surface area contributed by atoms with Gasteiger partial charge in [0.15, 0.2) is 0 Å². The van der Waals surface area contributed by atoms with Crippen LogP contribution in [0, 0.1) is 0 Å². The topological polar surface area (TPSA) is 402 Å². The van der Waals surface area contributed by atoms with E-state index in [4.69, 9.17) is 22.9 Å². The number of aromatic nitrogens is 1. The van der Waals surface area contributed by atoms with Gasteiger partial charge in [-0.25, -0.2) is 0 Å². The summed E-state index contributed by atoms with van der Waals surface area (Å²) < 4.78 is 0. The van der Waals surface area contributed by atoms with Crippen LogP contribution >= 0.6 is 0 Å². The number of aromatic amines is 1. The number of aliphatic hydroxyl groups is 1. The molecule has 1 aromatic heterocycles. The van der Waals surface area contributed by atoms with Crippen molar-refractivity contribution < 1.29 is 48.3 Å². The van der Waals surface area contributed by atoms with Crippen molar-refractivity contribution in [1.82, 2.24) is 52.8 Å². The number of carbonyl (C=O) groups is 9. The largest absolute Gasteiger partial charge is 0.393 e. The Morgan fingerprint density at radius 3 is 1.69 bits per heavy atom. The molecule has 2 heterocycles. The molecular formula is C63H88N14O10. The molecule has 4 aromatic carbocycles. The average Bonchev–Trinajstić information content (AvgIpc) is 2.99. The van der Waals surface area contributed by atoms with Gasteiger partial charge in [-0.05, 0) is 98.2 Å². The van der Waals surface area contributed by atoms with Gasteiger partial charge in [-0.2, -0.15) is 0 Å². The molecule has 19 N–H and O–H groups in total. The second-order valence-corrected chi connectivity index (χ2v) is 22.1. The number of rotatable bonds is 25. The van der Waals surface area contributed by atoms with Crippen molar-refractivity contribution in [2.75, 3.05) is 32.7 Å². The minimum atomic E-state index is -1.52. The van der Waals surface area contributed by atoms with Crippen LogP contribution in [-0.4, -0.2) is 150 Å². The van der Waals surface area contributed by atoms with E-state index in [2.05, 4.69) is 59.8 Å². The predicted octanol–water partition coefficient (Wildman–Crippen LogP) is 0.254. The van der Waals surface area contributed by atoms with Crippen LogP contribution < -0.4 is 70.8 Å². The standard InChI is InChI=1S/C63H88N14O10/c1-2-3-4-5-9-18-44(78)37-55(79)70-47(23-28-64)57(81)74-51-27-32-68-56(80)54(36-43-38-69-46-20-13-12-19-45(43)46)77-60(84)50(26-31-67)71-58(82)48(24-29-65)73-62(86)53(35-40-21-22-41-16-10-11-17-42(41)33-40)76-63(87)52(34-39-14-7-6-8-15-39)75-59(83)49(25-30-66)72-61(51)85/h6-8,10-17,19-22,33,38,44,47-54,69,78H,2-5,9,18,23-32,34-37,64-67H2,1H3,(H,68,80)(H,70,79)(H,71,82)(H,72,85)(H,73,86)(H,74,81)(H,75,83)(H,76,87)(H,77,84)/t44-,47-,48+,49+,50+,51+,52-,53+,54+/m1/s1. The Hall–Kier alpha value is -8.29. The second kappa shape index (κ2) is 35.4. The number of carbonyl (C=O) groups excluding carboxylic acids is 9. The first kappa shape index (κ1) is 67.8. The molecule has 1 aliphatic heterocycles. The zero-order chi connectivity index (χ0) is 62.7. The molecule has 470 valence electrons. The fourth-order valence-corrected chi connectivity index (χ4v) is 10.5. The number of hydrogen-bond donors (Lipinski definition) is 15. The van der Waals surface area contributed by atoms with E-state index in [0.717, 1.165) is 47.4 Å². The molecular weight excluding hydrogens is 1110 g/mol. The maximum atomic E-state index is 14.9. The maximum Gasteiger partial charge on any atom is 0.243 e. The summed E-state index contributed by atoms with van der Waals surface area (Å²) >= 11 is 0. The Kier molecular flexibility index (Phi) is 27.6. The van der Waals surface area contributed by atoms with Crippen molar-refractivity contribution in [3.8, 4) is 0 Å². The first-order chi connectivity index (χ1) is 42.0. The summed E-state index contributed by atoms with van der Waals surface area (Å²) in [6, 6.07) is 18.1. The van der Waals surface area contributed by atoms with Crippen molar-refractivity contribution in [2.24, 2.45) is 22.9 Å². The Morgan fingerprint density at radius 1 is 0.552 bits per heavy atom. The molecule has 1 fully saturated rings. The molecule has 1 saturated heterocycles. The summed E-state index contributed by atoms with van der Waals surface area (Å²) in [6.45, 7) is 1.39. The van der Waals surface area contributed by atoms with Crippen molar-refractivity contribution >= 4 is 74.8 Å². The molecule has 0 unspecified atom stereocenters. The van der Waals surface area contributed by atoms with Gasteiger partial charge in [0.25, 0.3) is 0 Å². The molecule has 9 atom stereocenters. The van der Waals surface area contributed by atoms with E-state index in [9.17, 15) is 48.3 Å². The van der Waals surface area contributed by atoms with Crippen molar-refractivity contribution in [2.45, 2.75) is 158 Å². The van der Waals surface area contributed by atoms with E-state index in [1.807, 2.05) is 60.7 Å². The molecule has 24 nitrogen and oxygen atoms in total. The molecule has 87 heavy (non-hydrogen) atoms. The lowest BCUT2D eigenvalue weighted by Gasteiger charge is -2.28. The zero-order valence-corrected chi connectivity index (χ0v) is 49.6. The summed E-state index contributed by atoms with van der Waals surface area (Å²) in [6.07, 6.45) is 4.49. The normalized spacial score (nSPS) is 21.3. The summed E-state index contributed by atoms with van der Waals surface area (Å²) in [4.78, 5) is 133. The summed E-state index contributed by atoms with van der Waals surface area (Å²) in [5, 5.41) is 37.9. The van der Waals surface area contributed by atoms with Gasteiger partial charge >= 0.3 is 0 Å². The molecule has 6 rings (SSSR count). The highest BCUT2D eigenvalue weighted by molar-refractivity contribution is 5.99. The van der Waals surface area contributed by atoms with Gasteiger partial charge in [0.05, 0.1) is 12.5 Å². The van der Waals surface area contributed by atoms with E-state index in [0.29, 0.717) is 29.5 Å². The molecule has 1 aliphatic rings. The summed E-state index contributed by atoms with van der Waals surface area (Å²) in [7, 11) is 0. The van der Waals surface area contributed by atoms with Gasteiger partial charge < -0.3 is 80.9 Å². The number of benzene rings is 4. The number of fused-ring (bicyclic) bond motifs is 2. The zero-order valence-electron chi connectivity index (χ0n) is 49.6. The van der Waals surface area contributed by atoms with Crippen LogP contribution in [0.25, 0.3) is 21.7 Å². The van der Waals surface area contributed by atoms with Crippen molar-refractivity contribution in [1.29, 1.82) is 0 Å². The molecule has 24 heteroatoms. The number of para-hydroxylation sites is 1. The van der Waals surface area contributed by atoms with Gasteiger partial charge in [-0.15, -0.1) is 0 Å². The Balaban J connectivity index is 1.38. The van der Waals surface area contributed by atoms with Crippen molar-refractivity contribution in [3.05, 3.63) is 120 Å². The number of unbranched alkanes of at least 4 members (excludes halogenated alkanes) is 4. The van der Waals surface area contributed by atoms with E-state index >= 15 is 0 Å². The van der Waals surface area contributed by atoms with Gasteiger partial charge in [-0.3, -0.25) is 43.2 Å². The van der Waals surface area contributed by atoms with Gasteiger partial charge in [0.1, 0.15) is 48.3 Å². The van der Waals surface area contributed by atoms with E-state index < -0.39 is 108 Å². The van der Waals surface area contributed by atoms with Crippen LogP contribution in [-0.2, 0) is 62.4 Å². The number of nitrogens with two attached hydrogens (primary N) is 4. The second-order valence-electron chi connectivity index (χ2n) is 22.1. The number of hydrogen-bond acceptors (Lipinski definition) is 14. The van der Waals surface area contributed by atoms with Crippen LogP contribution in [0.15, 0.2) is 103 Å². The lowest BCUT2D eigenvalue weighted by molar-refractivity contribution is -0.136. The smallest absolute Gasteiger partial charge is 0.243 e. The summed E-state index contributed by atoms with van der Waals surface area (Å²) in [5.41, 5.74) is 26.7. The van der Waals surface area contributed by atoms with E-state index in [1.165, 1.54) is 0 Å². The highest BCUT2D eigenvalue weighted by atomic mass is 16.3. The van der Waals surface area contributed by atoms with Crippen LogP contribution in [0.2, 0.25) is 0 Å². The number of nitrogens with one attached hydrogen (secondary N) is 10. The number of amides is 9. The van der Waals surface area contributed by atoms with Crippen LogP contribution in [0.4, 0.5) is 0 Å². The Morgan fingerprint density at radius 2 is 1.08 bits per heavy atom. The third-order valence-electron chi connectivity index (χ3n) is 15.3. The molecule has 5 aromatic rings. The highest BCUT2D eigenvalue weighted by Gasteiger charge is 2.36. The number of H-pyrrole nitrogens is 1. The number of aliphatic hydroxyl groups excluding tert-OH is 1. The van der Waals surface area contributed by atoms with Crippen molar-refractivity contribution in [3.63, 3.8) is 0 Å². The lowest BCUT2D eigenvalue weighted by Crippen LogP contribution is -2.61. The highest BCUT2D eigenvalue weighted by Crippen LogP contribution is 2.21. The van der Waals surface area contributed by atoms with Gasteiger partial charge in [0.2, 0.25) is 53.2 Å². The lowest BCUT2D eigenvalue weighted by atomic mass is 9.99. The van der Waals surface area contributed by atoms with Gasteiger partial charge in [0, 0.05) is 42.9 Å². The third-order valence-corrected chi connectivity index (χ3v) is 15.3. The minimum Gasteiger partial charge on any atom is -0.393 e. The molecule has 0 aliphatic carbocycles. The summed E-state index contributed by atoms with van der Waals surface area (Å²) in [5.74, 6) is -7.15. The average molecular weight is 1200 g/mol. The maximum absolute atomic E-state index is 14.9. The molecule has 9 amide bonds. The molecule has 0 spiro atoms. The fraction of sp³-hybridized carbons (Fsp3) is 0.476. The fourth-order valence-electron chi connectivity index (χ4n) is 10.5. The first-order valence-corrected chi connectivity index (χ1v) is 30.3. The van der Waals surface area contributed by atoms with Crippen LogP contribution in [0.5, 0.6) is 0 Å². The predicted molar refractivity (Wildman–Crippen MR) is 332 cm³/mol. The Bertz CT molecular complexity index is 3090. The Labute approximate surface area is 507 Å². The monoisotopic (exact) mass is 1200 g/mol. The quantitative estimate of drug-likeness (QED) is 0.0349. The van der Waals surface area contributed by atoms with E-state index in [1.54, 1.807) is 42.6 Å². The van der Waals surface area contributed by atoms with Crippen LogP contribution in [0.1, 0.15) is 101 Å². The van der Waals surface area contributed by atoms with Crippen LogP contribution in [0.3, 0.4) is 0 Å². The SMILES string of the molecule is CCCCCCC[C@@H](O)CC(=O)N[C@H](CCN)C(=O)N[C@H]1CCNC(=O)[C@H](Cc2c[nH]c3ccccc23)NC(=O)[C@H](CCN)NC(=O)[C@H](CCN)NC(=O)[C@H](Cc2ccc3ccccc3c2)NC(=O)[C@@H](Cc2ccccc2)NC(=O)[C@H](CCN)NC1=O. The van der Waals surface area contributed by atoms with Gasteiger partial charge in [-0.1, -0.05) is 130 Å². The molecule has 0 saturated carbocycles. The van der Waals surface area contributed by atoms with E-state index in [-0.39, 0.29) is 90.5 Å². The molecule has 0 bridgehead atoms. The minimum absolute atomic E-state index is 0.0652.